The lowest BCUT2D eigenvalue weighted by atomic mass is 9.44. The number of carbonyl (C=O) groups is 1. The quantitative estimate of drug-likeness (QED) is 0.712. The van der Waals surface area contributed by atoms with E-state index in [1.165, 1.54) is 13.3 Å². The number of fused-ring (bicyclic) bond motifs is 5. The van der Waals surface area contributed by atoms with E-state index in [9.17, 15) is 15.0 Å². The summed E-state index contributed by atoms with van der Waals surface area (Å²) in [5.41, 5.74) is 0.229. The van der Waals surface area contributed by atoms with Crippen molar-refractivity contribution in [3.05, 3.63) is 0 Å². The third-order valence-corrected chi connectivity index (χ3v) is 8.87. The minimum absolute atomic E-state index is 0.0480. The van der Waals surface area contributed by atoms with Crippen molar-refractivity contribution in [2.45, 2.75) is 90.4 Å². The molecule has 4 saturated carbocycles. The van der Waals surface area contributed by atoms with Gasteiger partial charge in [0.05, 0.1) is 12.2 Å². The maximum atomic E-state index is 11.5. The minimum atomic E-state index is -0.295. The van der Waals surface area contributed by atoms with Crippen LogP contribution in [0, 0.1) is 34.5 Å². The Morgan fingerprint density at radius 2 is 1.60 bits per heavy atom. The molecule has 9 atom stereocenters. The molecule has 0 aromatic rings. The minimum Gasteiger partial charge on any atom is -0.462 e. The van der Waals surface area contributed by atoms with E-state index in [2.05, 4.69) is 13.8 Å². The van der Waals surface area contributed by atoms with Crippen LogP contribution >= 0.6 is 0 Å². The van der Waals surface area contributed by atoms with Gasteiger partial charge in [-0.25, -0.2) is 0 Å². The smallest absolute Gasteiger partial charge is 0.302 e. The van der Waals surface area contributed by atoms with Crippen LogP contribution in [0.2, 0.25) is 0 Å². The summed E-state index contributed by atoms with van der Waals surface area (Å²) in [4.78, 5) is 11.5. The zero-order valence-corrected chi connectivity index (χ0v) is 15.9. The van der Waals surface area contributed by atoms with Crippen LogP contribution in [-0.4, -0.2) is 34.5 Å². The highest BCUT2D eigenvalue weighted by atomic mass is 16.5. The Bertz CT molecular complexity index is 548. The van der Waals surface area contributed by atoms with Crippen molar-refractivity contribution in [2.75, 3.05) is 0 Å². The predicted molar refractivity (Wildman–Crippen MR) is 94.7 cm³/mol. The number of carbonyl (C=O) groups excluding carboxylic acids is 1. The zero-order chi connectivity index (χ0) is 18.0. The van der Waals surface area contributed by atoms with Crippen molar-refractivity contribution in [1.82, 2.24) is 0 Å². The molecule has 0 aromatic heterocycles. The van der Waals surface area contributed by atoms with Crippen molar-refractivity contribution < 1.29 is 19.7 Å². The highest BCUT2D eigenvalue weighted by Crippen LogP contribution is 2.66. The topological polar surface area (TPSA) is 66.8 Å². The van der Waals surface area contributed by atoms with Gasteiger partial charge in [-0.05, 0) is 80.5 Å². The van der Waals surface area contributed by atoms with Gasteiger partial charge in [0, 0.05) is 12.3 Å². The van der Waals surface area contributed by atoms with Crippen molar-refractivity contribution in [1.29, 1.82) is 0 Å². The van der Waals surface area contributed by atoms with Crippen LogP contribution in [0.3, 0.4) is 0 Å². The average Bonchev–Trinajstić information content (AvgIpc) is 2.86. The number of hydrogen-bond acceptors (Lipinski definition) is 4. The second kappa shape index (κ2) is 5.95. The molecule has 0 aliphatic heterocycles. The fourth-order valence-corrected chi connectivity index (χ4v) is 7.62. The van der Waals surface area contributed by atoms with Crippen molar-refractivity contribution in [3.8, 4) is 0 Å². The van der Waals surface area contributed by atoms with Gasteiger partial charge in [0.1, 0.15) is 6.10 Å². The number of ether oxygens (including phenoxy) is 1. The molecule has 25 heavy (non-hydrogen) atoms. The second-order valence-corrected chi connectivity index (χ2v) is 9.94. The molecule has 4 nitrogen and oxygen atoms in total. The molecule has 142 valence electrons. The predicted octanol–water partition coefficient (Wildman–Crippen LogP) is 3.29. The normalized spacial score (nSPS) is 55.0. The Hall–Kier alpha value is -0.610. The molecular formula is C21H34O4. The van der Waals surface area contributed by atoms with Crippen LogP contribution in [-0.2, 0) is 9.53 Å². The first-order valence-corrected chi connectivity index (χ1v) is 10.3. The van der Waals surface area contributed by atoms with E-state index in [4.69, 9.17) is 4.74 Å². The summed E-state index contributed by atoms with van der Waals surface area (Å²) in [6.45, 7) is 6.22. The Balaban J connectivity index is 1.61. The van der Waals surface area contributed by atoms with Gasteiger partial charge in [-0.2, -0.15) is 0 Å². The molecule has 4 fully saturated rings. The molecule has 0 amide bonds. The van der Waals surface area contributed by atoms with E-state index in [1.807, 2.05) is 0 Å². The SMILES string of the molecule is CC(=O)O[C@H]1CC[C@H]2[C@@H]3C[C@H](O)[C@@H]4C[C@H](O)CC[C@]4(C)[C@H]3CC[C@]12C. The zero-order valence-electron chi connectivity index (χ0n) is 15.9. The lowest BCUT2D eigenvalue weighted by Crippen LogP contribution is -2.58. The molecular weight excluding hydrogens is 316 g/mol. The summed E-state index contributed by atoms with van der Waals surface area (Å²) in [6.07, 6.45) is 7.44. The maximum Gasteiger partial charge on any atom is 0.302 e. The molecule has 0 heterocycles. The first-order valence-electron chi connectivity index (χ1n) is 10.3. The molecule has 4 aliphatic rings. The number of aliphatic hydroxyl groups is 2. The Morgan fingerprint density at radius 3 is 2.32 bits per heavy atom. The fourth-order valence-electron chi connectivity index (χ4n) is 7.62. The van der Waals surface area contributed by atoms with Crippen LogP contribution in [0.25, 0.3) is 0 Å². The standard InChI is InChI=1S/C21H34O4/c1-12(22)25-19-5-4-15-14-11-18(24)17-10-13(23)6-8-20(17,2)16(14)7-9-21(15,19)3/h13-19,23-24H,4-11H2,1-3H3/t13-,14+,15+,16+,17+,18+,19+,20-,21+/m1/s1. The molecule has 4 aliphatic carbocycles. The third-order valence-electron chi connectivity index (χ3n) is 8.87. The summed E-state index contributed by atoms with van der Waals surface area (Å²) in [7, 11) is 0. The fraction of sp³-hybridized carbons (Fsp3) is 0.952. The highest BCUT2D eigenvalue weighted by molar-refractivity contribution is 5.66. The van der Waals surface area contributed by atoms with Crippen molar-refractivity contribution in [3.63, 3.8) is 0 Å². The summed E-state index contributed by atoms with van der Waals surface area (Å²) in [5.74, 6) is 1.81. The van der Waals surface area contributed by atoms with Crippen LogP contribution in [0.4, 0.5) is 0 Å². The first-order chi connectivity index (χ1) is 11.8. The Labute approximate surface area is 151 Å². The van der Waals surface area contributed by atoms with Crippen LogP contribution in [0.5, 0.6) is 0 Å². The lowest BCUT2D eigenvalue weighted by Gasteiger charge is -2.61. The molecule has 2 N–H and O–H groups in total. The Kier molecular flexibility index (Phi) is 4.23. The lowest BCUT2D eigenvalue weighted by molar-refractivity contribution is -0.181. The molecule has 0 radical (unpaired) electrons. The first kappa shape index (κ1) is 17.8. The van der Waals surface area contributed by atoms with E-state index in [1.54, 1.807) is 0 Å². The van der Waals surface area contributed by atoms with Gasteiger partial charge in [0.15, 0.2) is 0 Å². The molecule has 0 unspecified atom stereocenters. The van der Waals surface area contributed by atoms with Gasteiger partial charge in [0.2, 0.25) is 0 Å². The van der Waals surface area contributed by atoms with E-state index < -0.39 is 0 Å². The van der Waals surface area contributed by atoms with Gasteiger partial charge < -0.3 is 14.9 Å². The van der Waals surface area contributed by atoms with E-state index >= 15 is 0 Å². The molecule has 4 heteroatoms. The summed E-state index contributed by atoms with van der Waals surface area (Å²) in [5, 5.41) is 21.1. The summed E-state index contributed by atoms with van der Waals surface area (Å²) < 4.78 is 5.70. The Morgan fingerprint density at radius 1 is 0.920 bits per heavy atom. The van der Waals surface area contributed by atoms with Crippen LogP contribution in [0.15, 0.2) is 0 Å². The van der Waals surface area contributed by atoms with Crippen LogP contribution in [0.1, 0.15) is 72.1 Å². The maximum absolute atomic E-state index is 11.5. The number of aliphatic hydroxyl groups excluding tert-OH is 2. The van der Waals surface area contributed by atoms with Gasteiger partial charge in [-0.1, -0.05) is 13.8 Å². The van der Waals surface area contributed by atoms with E-state index in [-0.39, 0.29) is 41.0 Å². The summed E-state index contributed by atoms with van der Waals surface area (Å²) >= 11 is 0. The van der Waals surface area contributed by atoms with Crippen LogP contribution < -0.4 is 0 Å². The van der Waals surface area contributed by atoms with Crippen molar-refractivity contribution >= 4 is 5.97 Å². The molecule has 0 saturated heterocycles. The van der Waals surface area contributed by atoms with E-state index in [0.717, 1.165) is 44.9 Å². The molecule has 0 bridgehead atoms. The highest BCUT2D eigenvalue weighted by Gasteiger charge is 2.62. The van der Waals surface area contributed by atoms with Gasteiger partial charge >= 0.3 is 5.97 Å². The van der Waals surface area contributed by atoms with E-state index in [0.29, 0.717) is 17.8 Å². The number of esters is 1. The van der Waals surface area contributed by atoms with Crippen molar-refractivity contribution in [2.24, 2.45) is 34.5 Å². The number of rotatable bonds is 1. The second-order valence-electron chi connectivity index (χ2n) is 9.94. The monoisotopic (exact) mass is 350 g/mol. The third kappa shape index (κ3) is 2.58. The largest absolute Gasteiger partial charge is 0.462 e. The van der Waals surface area contributed by atoms with Gasteiger partial charge in [0.25, 0.3) is 0 Å². The molecule has 0 aromatic carbocycles. The van der Waals surface area contributed by atoms with Gasteiger partial charge in [-0.3, -0.25) is 4.79 Å². The average molecular weight is 350 g/mol. The number of hydrogen-bond donors (Lipinski definition) is 2. The summed E-state index contributed by atoms with van der Waals surface area (Å²) in [6, 6.07) is 0. The molecule has 0 spiro atoms. The van der Waals surface area contributed by atoms with Gasteiger partial charge in [-0.15, -0.1) is 0 Å². The molecule has 4 rings (SSSR count).